The van der Waals surface area contributed by atoms with E-state index >= 15 is 0 Å². The molecule has 1 aromatic carbocycles. The van der Waals surface area contributed by atoms with E-state index < -0.39 is 11.6 Å². The van der Waals surface area contributed by atoms with Gasteiger partial charge >= 0.3 is 0 Å². The van der Waals surface area contributed by atoms with Gasteiger partial charge in [0, 0.05) is 12.6 Å². The van der Waals surface area contributed by atoms with E-state index in [0.29, 0.717) is 6.54 Å². The standard InChI is InChI=1S/C15H22F2N2/c1-18-5-2-12-3-6-19(7-4-12)11-13-8-14(16)10-15(17)9-13/h8-10,12,18H,2-7,11H2,1H3. The van der Waals surface area contributed by atoms with Crippen LogP contribution in [0.3, 0.4) is 0 Å². The summed E-state index contributed by atoms with van der Waals surface area (Å²) in [6.45, 7) is 3.76. The molecular weight excluding hydrogens is 246 g/mol. The van der Waals surface area contributed by atoms with Crippen molar-refractivity contribution in [2.75, 3.05) is 26.7 Å². The molecule has 1 aromatic rings. The first-order valence-electron chi connectivity index (χ1n) is 6.99. The maximum Gasteiger partial charge on any atom is 0.126 e. The highest BCUT2D eigenvalue weighted by atomic mass is 19.1. The number of hydrogen-bond acceptors (Lipinski definition) is 2. The second-order valence-corrected chi connectivity index (χ2v) is 5.39. The average molecular weight is 268 g/mol. The van der Waals surface area contributed by atoms with Crippen LogP contribution in [0.4, 0.5) is 8.78 Å². The van der Waals surface area contributed by atoms with Crippen molar-refractivity contribution in [2.24, 2.45) is 5.92 Å². The summed E-state index contributed by atoms with van der Waals surface area (Å²) in [5.74, 6) is -0.189. The molecule has 0 saturated carbocycles. The monoisotopic (exact) mass is 268 g/mol. The summed E-state index contributed by atoms with van der Waals surface area (Å²) in [7, 11) is 1.98. The summed E-state index contributed by atoms with van der Waals surface area (Å²) in [6.07, 6.45) is 3.58. The lowest BCUT2D eigenvalue weighted by molar-refractivity contribution is 0.172. The van der Waals surface area contributed by atoms with Gasteiger partial charge in [-0.1, -0.05) is 0 Å². The molecule has 0 spiro atoms. The van der Waals surface area contributed by atoms with Crippen LogP contribution in [-0.2, 0) is 6.54 Å². The average Bonchev–Trinajstić information content (AvgIpc) is 2.37. The van der Waals surface area contributed by atoms with E-state index in [4.69, 9.17) is 0 Å². The van der Waals surface area contributed by atoms with Crippen LogP contribution in [0.1, 0.15) is 24.8 Å². The molecule has 1 aliphatic rings. The molecule has 0 unspecified atom stereocenters. The lowest BCUT2D eigenvalue weighted by Crippen LogP contribution is -2.34. The molecule has 1 saturated heterocycles. The largest absolute Gasteiger partial charge is 0.320 e. The van der Waals surface area contributed by atoms with Gasteiger partial charge in [0.15, 0.2) is 0 Å². The van der Waals surface area contributed by atoms with Crippen LogP contribution in [0.2, 0.25) is 0 Å². The molecule has 0 bridgehead atoms. The molecule has 106 valence electrons. The first-order valence-corrected chi connectivity index (χ1v) is 6.99. The fraction of sp³-hybridized carbons (Fsp3) is 0.600. The number of nitrogens with zero attached hydrogens (tertiary/aromatic N) is 1. The summed E-state index contributed by atoms with van der Waals surface area (Å²) in [5, 5.41) is 3.18. The van der Waals surface area contributed by atoms with E-state index in [-0.39, 0.29) is 0 Å². The van der Waals surface area contributed by atoms with Gasteiger partial charge in [0.25, 0.3) is 0 Å². The summed E-state index contributed by atoms with van der Waals surface area (Å²) < 4.78 is 26.2. The van der Waals surface area contributed by atoms with Crippen LogP contribution in [0.25, 0.3) is 0 Å². The van der Waals surface area contributed by atoms with Gasteiger partial charge in [-0.2, -0.15) is 0 Å². The van der Waals surface area contributed by atoms with Crippen LogP contribution in [0.5, 0.6) is 0 Å². The molecule has 0 atom stereocenters. The zero-order valence-corrected chi connectivity index (χ0v) is 11.5. The van der Waals surface area contributed by atoms with E-state index in [1.54, 1.807) is 0 Å². The topological polar surface area (TPSA) is 15.3 Å². The summed E-state index contributed by atoms with van der Waals surface area (Å²) in [6, 6.07) is 3.78. The molecule has 0 aromatic heterocycles. The van der Waals surface area contributed by atoms with Crippen molar-refractivity contribution in [3.05, 3.63) is 35.4 Å². The molecule has 0 amide bonds. The molecule has 19 heavy (non-hydrogen) atoms. The van der Waals surface area contributed by atoms with Gasteiger partial charge in [-0.05, 0) is 69.6 Å². The van der Waals surface area contributed by atoms with Crippen LogP contribution in [0, 0.1) is 17.6 Å². The second-order valence-electron chi connectivity index (χ2n) is 5.39. The Morgan fingerprint density at radius 2 is 1.79 bits per heavy atom. The highest BCUT2D eigenvalue weighted by molar-refractivity contribution is 5.17. The minimum absolute atomic E-state index is 0.487. The number of rotatable bonds is 5. The van der Waals surface area contributed by atoms with Crippen molar-refractivity contribution >= 4 is 0 Å². The highest BCUT2D eigenvalue weighted by Crippen LogP contribution is 2.21. The van der Waals surface area contributed by atoms with Crippen molar-refractivity contribution in [1.82, 2.24) is 10.2 Å². The van der Waals surface area contributed by atoms with E-state index in [9.17, 15) is 8.78 Å². The lowest BCUT2D eigenvalue weighted by atomic mass is 9.93. The Kier molecular flexibility index (Phi) is 5.28. The first-order chi connectivity index (χ1) is 9.17. The van der Waals surface area contributed by atoms with Gasteiger partial charge in [-0.25, -0.2) is 8.78 Å². The Balaban J connectivity index is 1.82. The maximum atomic E-state index is 13.1. The van der Waals surface area contributed by atoms with Gasteiger partial charge in [-0.3, -0.25) is 4.90 Å². The van der Waals surface area contributed by atoms with Gasteiger partial charge in [0.2, 0.25) is 0 Å². The zero-order valence-electron chi connectivity index (χ0n) is 11.5. The van der Waals surface area contributed by atoms with Crippen molar-refractivity contribution in [3.8, 4) is 0 Å². The molecule has 4 heteroatoms. The van der Waals surface area contributed by atoms with Crippen molar-refractivity contribution < 1.29 is 8.78 Å². The smallest absolute Gasteiger partial charge is 0.126 e. The Morgan fingerprint density at radius 3 is 2.37 bits per heavy atom. The van der Waals surface area contributed by atoms with Crippen molar-refractivity contribution in [3.63, 3.8) is 0 Å². The van der Waals surface area contributed by atoms with Crippen LogP contribution in [0.15, 0.2) is 18.2 Å². The molecule has 1 N–H and O–H groups in total. The number of halogens is 2. The Morgan fingerprint density at radius 1 is 1.16 bits per heavy atom. The van der Waals surface area contributed by atoms with Crippen LogP contribution in [-0.4, -0.2) is 31.6 Å². The van der Waals surface area contributed by atoms with Crippen molar-refractivity contribution in [1.29, 1.82) is 0 Å². The Bertz CT molecular complexity index is 381. The van der Waals surface area contributed by atoms with E-state index in [1.807, 2.05) is 7.05 Å². The second kappa shape index (κ2) is 6.96. The minimum Gasteiger partial charge on any atom is -0.320 e. The molecule has 0 aliphatic carbocycles. The molecular formula is C15H22F2N2. The summed E-state index contributed by atoms with van der Waals surface area (Å²) in [5.41, 5.74) is 0.728. The third kappa shape index (κ3) is 4.55. The van der Waals surface area contributed by atoms with Crippen molar-refractivity contribution in [2.45, 2.75) is 25.8 Å². The Labute approximate surface area is 113 Å². The number of benzene rings is 1. The van der Waals surface area contributed by atoms with Crippen LogP contribution < -0.4 is 5.32 Å². The quantitative estimate of drug-likeness (QED) is 0.883. The predicted octanol–water partition coefficient (Wildman–Crippen LogP) is 2.79. The third-order valence-corrected chi connectivity index (χ3v) is 3.84. The van der Waals surface area contributed by atoms with E-state index in [2.05, 4.69) is 10.2 Å². The van der Waals surface area contributed by atoms with Gasteiger partial charge in [0.05, 0.1) is 0 Å². The first kappa shape index (κ1) is 14.4. The highest BCUT2D eigenvalue weighted by Gasteiger charge is 2.19. The van der Waals surface area contributed by atoms with Gasteiger partial charge < -0.3 is 5.32 Å². The number of hydrogen-bond donors (Lipinski definition) is 1. The molecule has 1 fully saturated rings. The third-order valence-electron chi connectivity index (χ3n) is 3.84. The minimum atomic E-state index is -0.487. The lowest BCUT2D eigenvalue weighted by Gasteiger charge is -2.32. The summed E-state index contributed by atoms with van der Waals surface area (Å²) >= 11 is 0. The normalized spacial score (nSPS) is 17.8. The molecule has 0 radical (unpaired) electrons. The zero-order chi connectivity index (χ0) is 13.7. The summed E-state index contributed by atoms with van der Waals surface area (Å²) in [4.78, 5) is 2.28. The number of likely N-dealkylation sites (tertiary alicyclic amines) is 1. The maximum absolute atomic E-state index is 13.1. The fourth-order valence-corrected chi connectivity index (χ4v) is 2.74. The van der Waals surface area contributed by atoms with E-state index in [0.717, 1.165) is 37.2 Å². The van der Waals surface area contributed by atoms with Crippen LogP contribution >= 0.6 is 0 Å². The van der Waals surface area contributed by atoms with E-state index in [1.165, 1.54) is 31.4 Å². The predicted molar refractivity (Wildman–Crippen MR) is 72.9 cm³/mol. The Hall–Kier alpha value is -1.00. The molecule has 2 nitrogen and oxygen atoms in total. The molecule has 1 heterocycles. The SMILES string of the molecule is CNCCC1CCN(Cc2cc(F)cc(F)c2)CC1. The molecule has 1 aliphatic heterocycles. The van der Waals surface area contributed by atoms with Gasteiger partial charge in [-0.15, -0.1) is 0 Å². The fourth-order valence-electron chi connectivity index (χ4n) is 2.74. The number of nitrogens with one attached hydrogen (secondary N) is 1. The van der Waals surface area contributed by atoms with Gasteiger partial charge in [0.1, 0.15) is 11.6 Å². The molecule has 2 rings (SSSR count). The number of piperidine rings is 1.